The number of hydrogen-bond acceptors (Lipinski definition) is 5. The van der Waals surface area contributed by atoms with Gasteiger partial charge in [0.15, 0.2) is 5.58 Å². The Labute approximate surface area is 122 Å². The summed E-state index contributed by atoms with van der Waals surface area (Å²) in [6.07, 6.45) is 0.918. The molecule has 21 heavy (non-hydrogen) atoms. The largest absolute Gasteiger partial charge is 0.469 e. The van der Waals surface area contributed by atoms with Crippen molar-refractivity contribution in [1.29, 1.82) is 0 Å². The first-order valence-corrected chi connectivity index (χ1v) is 6.76. The number of aromatic nitrogens is 1. The molecule has 2 rings (SSSR count). The first-order valence-electron chi connectivity index (χ1n) is 6.76. The summed E-state index contributed by atoms with van der Waals surface area (Å²) in [4.78, 5) is 25.1. The van der Waals surface area contributed by atoms with Crippen LogP contribution in [0.3, 0.4) is 0 Å². The van der Waals surface area contributed by atoms with Gasteiger partial charge in [-0.3, -0.25) is 9.78 Å². The van der Waals surface area contributed by atoms with Crippen LogP contribution in [0.1, 0.15) is 38.3 Å². The highest BCUT2D eigenvalue weighted by Crippen LogP contribution is 2.32. The van der Waals surface area contributed by atoms with Crippen LogP contribution in [0.25, 0.3) is 11.1 Å². The molecule has 3 N–H and O–H groups in total. The molecule has 1 atom stereocenters. The first kappa shape index (κ1) is 15.3. The summed E-state index contributed by atoms with van der Waals surface area (Å²) in [5, 5.41) is 0. The van der Waals surface area contributed by atoms with Crippen molar-refractivity contribution in [3.63, 3.8) is 0 Å². The number of benzene rings is 1. The summed E-state index contributed by atoms with van der Waals surface area (Å²) in [6, 6.07) is 5.12. The Hall–Kier alpha value is -2.08. The highest BCUT2D eigenvalue weighted by Gasteiger charge is 2.26. The minimum absolute atomic E-state index is 0.251. The molecule has 1 aromatic heterocycles. The molecule has 0 aliphatic heterocycles. The molecule has 0 saturated carbocycles. The van der Waals surface area contributed by atoms with Crippen molar-refractivity contribution in [3.8, 4) is 0 Å². The van der Waals surface area contributed by atoms with E-state index in [4.69, 9.17) is 14.9 Å². The molecule has 0 bridgehead atoms. The number of methoxy groups -OCH3 is 1. The molecule has 0 amide bonds. The maximum Gasteiger partial charge on any atom is 0.417 e. The Balaban J connectivity index is 2.15. The van der Waals surface area contributed by atoms with E-state index in [1.165, 1.54) is 7.11 Å². The van der Waals surface area contributed by atoms with Crippen LogP contribution < -0.4 is 11.5 Å². The van der Waals surface area contributed by atoms with Gasteiger partial charge >= 0.3 is 11.7 Å². The van der Waals surface area contributed by atoms with Crippen molar-refractivity contribution in [2.75, 3.05) is 7.11 Å². The Morgan fingerprint density at radius 1 is 1.48 bits per heavy atom. The van der Waals surface area contributed by atoms with E-state index in [9.17, 15) is 9.59 Å². The van der Waals surface area contributed by atoms with Crippen molar-refractivity contribution >= 4 is 17.1 Å². The Morgan fingerprint density at radius 2 is 2.19 bits per heavy atom. The number of rotatable bonds is 5. The maximum absolute atomic E-state index is 11.4. The molecule has 2 aromatic rings. The fourth-order valence-corrected chi connectivity index (χ4v) is 2.44. The third kappa shape index (κ3) is 3.72. The monoisotopic (exact) mass is 292 g/mol. The average molecular weight is 292 g/mol. The van der Waals surface area contributed by atoms with Crippen molar-refractivity contribution in [3.05, 3.63) is 34.3 Å². The molecule has 0 spiro atoms. The number of aromatic amines is 1. The van der Waals surface area contributed by atoms with Crippen LogP contribution >= 0.6 is 0 Å². The summed E-state index contributed by atoms with van der Waals surface area (Å²) in [7, 11) is 1.38. The van der Waals surface area contributed by atoms with E-state index >= 15 is 0 Å². The number of hydrogen-bond donors (Lipinski definition) is 2. The van der Waals surface area contributed by atoms with Crippen LogP contribution in [0.5, 0.6) is 0 Å². The first-order chi connectivity index (χ1) is 9.80. The third-order valence-electron chi connectivity index (χ3n) is 3.50. The molecule has 0 aliphatic carbocycles. The second kappa shape index (κ2) is 5.73. The van der Waals surface area contributed by atoms with Gasteiger partial charge in [-0.25, -0.2) is 4.79 Å². The second-order valence-corrected chi connectivity index (χ2v) is 6.00. The van der Waals surface area contributed by atoms with Gasteiger partial charge < -0.3 is 14.9 Å². The van der Waals surface area contributed by atoms with Crippen LogP contribution in [-0.2, 0) is 9.53 Å². The molecular formula is C15H20N2O4. The molecule has 1 unspecified atom stereocenters. The van der Waals surface area contributed by atoms with Crippen LogP contribution in [0.4, 0.5) is 0 Å². The number of carbonyl (C=O) groups excluding carboxylic acids is 1. The van der Waals surface area contributed by atoms with Gasteiger partial charge in [-0.1, -0.05) is 19.9 Å². The van der Waals surface area contributed by atoms with E-state index in [1.807, 2.05) is 19.9 Å². The number of nitrogens with one attached hydrogen (secondary N) is 1. The number of H-pyrrole nitrogens is 1. The predicted octanol–water partition coefficient (Wildman–Crippen LogP) is 2.10. The Bertz CT molecular complexity index is 699. The lowest BCUT2D eigenvalue weighted by atomic mass is 9.81. The minimum atomic E-state index is -0.484. The Morgan fingerprint density at radius 3 is 2.86 bits per heavy atom. The van der Waals surface area contributed by atoms with Gasteiger partial charge in [-0.2, -0.15) is 0 Å². The van der Waals surface area contributed by atoms with E-state index < -0.39 is 5.76 Å². The standard InChI is InChI=1S/C15H20N2O4/c1-15(2,8-13(18)20-3)7-10(16)9-4-5-11-12(6-9)21-14(19)17-11/h4-6,10H,7-8,16H2,1-3H3,(H,17,19). The van der Waals surface area contributed by atoms with Gasteiger partial charge in [-0.05, 0) is 29.5 Å². The van der Waals surface area contributed by atoms with Crippen molar-refractivity contribution in [1.82, 2.24) is 4.98 Å². The van der Waals surface area contributed by atoms with Gasteiger partial charge in [-0.15, -0.1) is 0 Å². The quantitative estimate of drug-likeness (QED) is 0.822. The van der Waals surface area contributed by atoms with Crippen molar-refractivity contribution in [2.24, 2.45) is 11.1 Å². The predicted molar refractivity (Wildman–Crippen MR) is 78.8 cm³/mol. The number of nitrogens with two attached hydrogens (primary N) is 1. The number of carbonyl (C=O) groups is 1. The highest BCUT2D eigenvalue weighted by atomic mass is 16.5. The Kier molecular flexibility index (Phi) is 4.18. The van der Waals surface area contributed by atoms with E-state index in [0.717, 1.165) is 5.56 Å². The summed E-state index contributed by atoms with van der Waals surface area (Å²) in [6.45, 7) is 3.94. The molecule has 0 fully saturated rings. The zero-order valence-electron chi connectivity index (χ0n) is 12.4. The molecule has 6 nitrogen and oxygen atoms in total. The van der Waals surface area contributed by atoms with Crippen molar-refractivity contribution in [2.45, 2.75) is 32.7 Å². The molecular weight excluding hydrogens is 272 g/mol. The van der Waals surface area contributed by atoms with E-state index in [0.29, 0.717) is 23.9 Å². The molecule has 6 heteroatoms. The van der Waals surface area contributed by atoms with Gasteiger partial charge in [0, 0.05) is 6.04 Å². The van der Waals surface area contributed by atoms with Gasteiger partial charge in [0.05, 0.1) is 19.0 Å². The lowest BCUT2D eigenvalue weighted by Gasteiger charge is -2.27. The fourth-order valence-electron chi connectivity index (χ4n) is 2.44. The normalized spacial score (nSPS) is 13.3. The zero-order chi connectivity index (χ0) is 15.6. The molecule has 0 saturated heterocycles. The number of esters is 1. The molecule has 0 radical (unpaired) electrons. The lowest BCUT2D eigenvalue weighted by Crippen LogP contribution is -2.24. The second-order valence-electron chi connectivity index (χ2n) is 6.00. The summed E-state index contributed by atoms with van der Waals surface area (Å²) in [5.74, 6) is -0.735. The van der Waals surface area contributed by atoms with E-state index in [1.54, 1.807) is 12.1 Å². The molecule has 1 aromatic carbocycles. The third-order valence-corrected chi connectivity index (χ3v) is 3.50. The van der Waals surface area contributed by atoms with Crippen LogP contribution in [-0.4, -0.2) is 18.1 Å². The van der Waals surface area contributed by atoms with Crippen LogP contribution in [0.2, 0.25) is 0 Å². The smallest absolute Gasteiger partial charge is 0.417 e. The van der Waals surface area contributed by atoms with Crippen LogP contribution in [0.15, 0.2) is 27.4 Å². The number of oxazole rings is 1. The number of fused-ring (bicyclic) bond motifs is 1. The molecule has 114 valence electrons. The average Bonchev–Trinajstić information content (AvgIpc) is 2.76. The van der Waals surface area contributed by atoms with E-state index in [2.05, 4.69) is 4.98 Å². The summed E-state index contributed by atoms with van der Waals surface area (Å²) < 4.78 is 9.73. The molecule has 0 aliphatic rings. The maximum atomic E-state index is 11.4. The summed E-state index contributed by atoms with van der Waals surface area (Å²) in [5.41, 5.74) is 7.93. The molecule has 1 heterocycles. The topological polar surface area (TPSA) is 98.3 Å². The van der Waals surface area contributed by atoms with Gasteiger partial charge in [0.2, 0.25) is 0 Å². The van der Waals surface area contributed by atoms with Crippen LogP contribution in [0, 0.1) is 5.41 Å². The van der Waals surface area contributed by atoms with Crippen molar-refractivity contribution < 1.29 is 13.9 Å². The summed E-state index contributed by atoms with van der Waals surface area (Å²) >= 11 is 0. The number of ether oxygens (including phenoxy) is 1. The zero-order valence-corrected chi connectivity index (χ0v) is 12.4. The highest BCUT2D eigenvalue weighted by molar-refractivity contribution is 5.73. The fraction of sp³-hybridized carbons (Fsp3) is 0.467. The SMILES string of the molecule is COC(=O)CC(C)(C)CC(N)c1ccc2[nH]c(=O)oc2c1. The van der Waals surface area contributed by atoms with Gasteiger partial charge in [0.25, 0.3) is 0 Å². The lowest BCUT2D eigenvalue weighted by molar-refractivity contribution is -0.143. The van der Waals surface area contributed by atoms with Gasteiger partial charge in [0.1, 0.15) is 0 Å². The minimum Gasteiger partial charge on any atom is -0.469 e. The van der Waals surface area contributed by atoms with E-state index in [-0.39, 0.29) is 17.4 Å².